The van der Waals surface area contributed by atoms with Crippen LogP contribution in [0, 0.1) is 13.8 Å². The molecule has 3 aromatic heterocycles. The highest BCUT2D eigenvalue weighted by atomic mass is 79.9. The first-order chi connectivity index (χ1) is 9.65. The van der Waals surface area contributed by atoms with Gasteiger partial charge in [0.15, 0.2) is 4.67 Å². The number of nitrogens with zero attached hydrogens (tertiary/aromatic N) is 4. The molecule has 3 heterocycles. The summed E-state index contributed by atoms with van der Waals surface area (Å²) in [6, 6.07) is 3.86. The van der Waals surface area contributed by atoms with E-state index in [2.05, 4.69) is 36.3 Å². The van der Waals surface area contributed by atoms with Gasteiger partial charge in [-0.25, -0.2) is 4.98 Å². The van der Waals surface area contributed by atoms with E-state index in [1.165, 1.54) is 6.33 Å². The fraction of sp³-hybridized carbons (Fsp3) is 0.308. The summed E-state index contributed by atoms with van der Waals surface area (Å²) in [5.74, 6) is 2.47. The van der Waals surface area contributed by atoms with Gasteiger partial charge in [0.25, 0.3) is 5.78 Å². The Morgan fingerprint density at radius 1 is 1.35 bits per heavy atom. The van der Waals surface area contributed by atoms with Gasteiger partial charge in [-0.15, -0.1) is 0 Å². The van der Waals surface area contributed by atoms with Crippen molar-refractivity contribution >= 4 is 27.5 Å². The van der Waals surface area contributed by atoms with Crippen molar-refractivity contribution < 1.29 is 4.42 Å². The van der Waals surface area contributed by atoms with E-state index in [1.807, 2.05) is 26.0 Å². The summed E-state index contributed by atoms with van der Waals surface area (Å²) in [7, 11) is 0. The molecule has 0 radical (unpaired) electrons. The minimum atomic E-state index is 0.608. The van der Waals surface area contributed by atoms with Crippen molar-refractivity contribution in [1.29, 1.82) is 0 Å². The van der Waals surface area contributed by atoms with Crippen LogP contribution in [0.15, 0.2) is 27.5 Å². The van der Waals surface area contributed by atoms with Crippen LogP contribution in [0.5, 0.6) is 0 Å². The Hall–Kier alpha value is -1.89. The van der Waals surface area contributed by atoms with E-state index < -0.39 is 0 Å². The predicted molar refractivity (Wildman–Crippen MR) is 78.9 cm³/mol. The second-order valence-electron chi connectivity index (χ2n) is 4.53. The van der Waals surface area contributed by atoms with Crippen LogP contribution in [0.1, 0.15) is 17.0 Å². The lowest BCUT2D eigenvalue weighted by molar-refractivity contribution is 0.491. The SMILES string of the molecule is Cc1nc2ncnn2c(NCCc2ccc(Br)o2)c1C. The Bertz CT molecular complexity index is 748. The number of rotatable bonds is 4. The highest BCUT2D eigenvalue weighted by Gasteiger charge is 2.10. The van der Waals surface area contributed by atoms with Gasteiger partial charge in [-0.05, 0) is 41.9 Å². The number of halogens is 1. The molecule has 0 atom stereocenters. The van der Waals surface area contributed by atoms with E-state index in [4.69, 9.17) is 4.42 Å². The van der Waals surface area contributed by atoms with Crippen LogP contribution in [0.4, 0.5) is 5.82 Å². The molecular formula is C13H14BrN5O. The number of furan rings is 1. The molecule has 0 spiro atoms. The number of hydrogen-bond acceptors (Lipinski definition) is 5. The molecule has 0 unspecified atom stereocenters. The average molecular weight is 336 g/mol. The van der Waals surface area contributed by atoms with Crippen molar-refractivity contribution in [1.82, 2.24) is 19.6 Å². The van der Waals surface area contributed by atoms with Crippen LogP contribution in [-0.4, -0.2) is 26.1 Å². The van der Waals surface area contributed by atoms with Crippen molar-refractivity contribution in [3.63, 3.8) is 0 Å². The van der Waals surface area contributed by atoms with Crippen LogP contribution in [0.25, 0.3) is 5.78 Å². The maximum Gasteiger partial charge on any atom is 0.254 e. The Balaban J connectivity index is 1.80. The van der Waals surface area contributed by atoms with E-state index in [0.29, 0.717) is 5.78 Å². The number of aromatic nitrogens is 4. The number of anilines is 1. The fourth-order valence-corrected chi connectivity index (χ4v) is 2.37. The summed E-state index contributed by atoms with van der Waals surface area (Å²) in [4.78, 5) is 8.52. The van der Waals surface area contributed by atoms with Gasteiger partial charge in [-0.2, -0.15) is 14.6 Å². The first kappa shape index (κ1) is 13.1. The molecule has 1 N–H and O–H groups in total. The van der Waals surface area contributed by atoms with Gasteiger partial charge in [-0.1, -0.05) is 0 Å². The summed E-state index contributed by atoms with van der Waals surface area (Å²) in [6.07, 6.45) is 2.30. The molecule has 0 amide bonds. The summed E-state index contributed by atoms with van der Waals surface area (Å²) in [5.41, 5.74) is 2.03. The smallest absolute Gasteiger partial charge is 0.254 e. The van der Waals surface area contributed by atoms with E-state index in [9.17, 15) is 0 Å². The van der Waals surface area contributed by atoms with E-state index in [1.54, 1.807) is 4.52 Å². The molecule has 0 aliphatic heterocycles. The maximum atomic E-state index is 5.48. The molecule has 0 aromatic carbocycles. The van der Waals surface area contributed by atoms with Crippen molar-refractivity contribution in [2.45, 2.75) is 20.3 Å². The van der Waals surface area contributed by atoms with E-state index in [-0.39, 0.29) is 0 Å². The van der Waals surface area contributed by atoms with Gasteiger partial charge >= 0.3 is 0 Å². The molecule has 20 heavy (non-hydrogen) atoms. The summed E-state index contributed by atoms with van der Waals surface area (Å²) >= 11 is 3.30. The maximum absolute atomic E-state index is 5.48. The van der Waals surface area contributed by atoms with Gasteiger partial charge in [0.05, 0.1) is 0 Å². The fourth-order valence-electron chi connectivity index (χ4n) is 2.03. The molecule has 3 rings (SSSR count). The van der Waals surface area contributed by atoms with Gasteiger partial charge < -0.3 is 9.73 Å². The third-order valence-electron chi connectivity index (χ3n) is 3.20. The molecule has 7 heteroatoms. The summed E-state index contributed by atoms with van der Waals surface area (Å²) < 4.78 is 7.95. The van der Waals surface area contributed by atoms with Crippen LogP contribution < -0.4 is 5.32 Å². The Kier molecular flexibility index (Phi) is 3.43. The van der Waals surface area contributed by atoms with Gasteiger partial charge in [0, 0.05) is 24.2 Å². The third-order valence-corrected chi connectivity index (χ3v) is 3.63. The topological polar surface area (TPSA) is 68.2 Å². The number of nitrogens with one attached hydrogen (secondary N) is 1. The van der Waals surface area contributed by atoms with Crippen LogP contribution in [0.2, 0.25) is 0 Å². The lowest BCUT2D eigenvalue weighted by atomic mass is 10.2. The Morgan fingerprint density at radius 3 is 2.95 bits per heavy atom. The van der Waals surface area contributed by atoms with Crippen LogP contribution >= 0.6 is 15.9 Å². The molecule has 6 nitrogen and oxygen atoms in total. The number of hydrogen-bond donors (Lipinski definition) is 1. The molecule has 3 aromatic rings. The molecule has 0 bridgehead atoms. The zero-order valence-corrected chi connectivity index (χ0v) is 12.8. The second kappa shape index (κ2) is 5.24. The van der Waals surface area contributed by atoms with E-state index in [0.717, 1.165) is 40.5 Å². The molecule has 0 aliphatic carbocycles. The van der Waals surface area contributed by atoms with Crippen molar-refractivity contribution in [2.75, 3.05) is 11.9 Å². The zero-order chi connectivity index (χ0) is 14.1. The Labute approximate surface area is 124 Å². The molecule has 0 fully saturated rings. The van der Waals surface area contributed by atoms with Crippen molar-refractivity contribution in [2.24, 2.45) is 0 Å². The minimum Gasteiger partial charge on any atom is -0.454 e. The largest absolute Gasteiger partial charge is 0.454 e. The summed E-state index contributed by atoms with van der Waals surface area (Å²) in [6.45, 7) is 4.74. The second-order valence-corrected chi connectivity index (χ2v) is 5.31. The van der Waals surface area contributed by atoms with Gasteiger partial charge in [0.2, 0.25) is 0 Å². The lowest BCUT2D eigenvalue weighted by Crippen LogP contribution is -2.12. The molecule has 104 valence electrons. The first-order valence-corrected chi connectivity index (χ1v) is 7.09. The zero-order valence-electron chi connectivity index (χ0n) is 11.2. The van der Waals surface area contributed by atoms with Crippen molar-refractivity contribution in [3.05, 3.63) is 40.1 Å². The molecular weight excluding hydrogens is 322 g/mol. The van der Waals surface area contributed by atoms with Gasteiger partial charge in [0.1, 0.15) is 17.9 Å². The highest BCUT2D eigenvalue weighted by molar-refractivity contribution is 9.10. The Morgan fingerprint density at radius 2 is 2.20 bits per heavy atom. The minimum absolute atomic E-state index is 0.608. The van der Waals surface area contributed by atoms with Crippen LogP contribution in [0.3, 0.4) is 0 Å². The van der Waals surface area contributed by atoms with Crippen LogP contribution in [-0.2, 0) is 6.42 Å². The normalized spacial score (nSPS) is 11.2. The molecule has 0 saturated carbocycles. The number of fused-ring (bicyclic) bond motifs is 1. The summed E-state index contributed by atoms with van der Waals surface area (Å²) in [5, 5.41) is 7.59. The van der Waals surface area contributed by atoms with Gasteiger partial charge in [-0.3, -0.25) is 0 Å². The number of aryl methyl sites for hydroxylation is 1. The van der Waals surface area contributed by atoms with Crippen molar-refractivity contribution in [3.8, 4) is 0 Å². The quantitative estimate of drug-likeness (QED) is 0.793. The van der Waals surface area contributed by atoms with E-state index >= 15 is 0 Å². The molecule has 0 aliphatic rings. The standard InChI is InChI=1S/C13H14BrN5O/c1-8-9(2)18-13-16-7-17-19(13)12(8)15-6-5-10-3-4-11(14)20-10/h3-4,7,15H,5-6H2,1-2H3. The first-order valence-electron chi connectivity index (χ1n) is 6.30. The highest BCUT2D eigenvalue weighted by Crippen LogP contribution is 2.18. The third kappa shape index (κ3) is 2.40. The monoisotopic (exact) mass is 335 g/mol. The lowest BCUT2D eigenvalue weighted by Gasteiger charge is -2.11. The molecule has 0 saturated heterocycles. The average Bonchev–Trinajstić information content (AvgIpc) is 3.03. The predicted octanol–water partition coefficient (Wildman–Crippen LogP) is 2.75.